The molecule has 3 aromatic rings. The number of amides is 1. The molecule has 2 aromatic carbocycles. The van der Waals surface area contributed by atoms with E-state index in [9.17, 15) is 14.9 Å². The molecule has 1 N–H and O–H groups in total. The third-order valence-corrected chi connectivity index (χ3v) is 4.19. The molecule has 0 aliphatic heterocycles. The molecule has 0 bridgehead atoms. The maximum atomic E-state index is 12.0. The Labute approximate surface area is 163 Å². The van der Waals surface area contributed by atoms with Crippen LogP contribution in [-0.2, 0) is 0 Å². The van der Waals surface area contributed by atoms with Crippen LogP contribution in [0.15, 0.2) is 64.1 Å². The molecule has 1 aromatic heterocycles. The fraction of sp³-hybridized carbons (Fsp3) is 0. The van der Waals surface area contributed by atoms with Gasteiger partial charge in [-0.25, -0.2) is 5.43 Å². The van der Waals surface area contributed by atoms with E-state index in [-0.39, 0.29) is 5.69 Å². The number of halogens is 2. The van der Waals surface area contributed by atoms with E-state index in [0.29, 0.717) is 32.7 Å². The highest BCUT2D eigenvalue weighted by Crippen LogP contribution is 2.32. The molecule has 27 heavy (non-hydrogen) atoms. The van der Waals surface area contributed by atoms with Gasteiger partial charge >= 0.3 is 0 Å². The third kappa shape index (κ3) is 4.33. The lowest BCUT2D eigenvalue weighted by molar-refractivity contribution is -0.384. The van der Waals surface area contributed by atoms with E-state index in [1.807, 2.05) is 0 Å². The zero-order valence-electron chi connectivity index (χ0n) is 13.6. The first-order valence-electron chi connectivity index (χ1n) is 7.58. The molecule has 1 amide bonds. The SMILES string of the molecule is O=C(N/N=C/c1ccc(-c2cc([N+](=O)[O-])ccc2Cl)o1)c1ccccc1Cl. The molecule has 1 heterocycles. The number of non-ortho nitro benzene ring substituents is 1. The summed E-state index contributed by atoms with van der Waals surface area (Å²) in [5, 5.41) is 15.3. The lowest BCUT2D eigenvalue weighted by atomic mass is 10.1. The summed E-state index contributed by atoms with van der Waals surface area (Å²) in [5.41, 5.74) is 2.91. The number of benzene rings is 2. The van der Waals surface area contributed by atoms with Crippen LogP contribution in [0.25, 0.3) is 11.3 Å². The molecule has 0 aliphatic carbocycles. The Kier molecular flexibility index (Phi) is 5.54. The minimum Gasteiger partial charge on any atom is -0.455 e. The second kappa shape index (κ2) is 8.03. The van der Waals surface area contributed by atoms with Crippen molar-refractivity contribution in [3.05, 3.63) is 86.1 Å². The van der Waals surface area contributed by atoms with Gasteiger partial charge in [0.25, 0.3) is 11.6 Å². The molecule has 136 valence electrons. The second-order valence-corrected chi connectivity index (χ2v) is 6.12. The van der Waals surface area contributed by atoms with Gasteiger partial charge in [-0.15, -0.1) is 0 Å². The number of rotatable bonds is 5. The predicted octanol–water partition coefficient (Wildman–Crippen LogP) is 4.93. The van der Waals surface area contributed by atoms with Crippen molar-refractivity contribution in [2.24, 2.45) is 5.10 Å². The quantitative estimate of drug-likeness (QED) is 0.371. The van der Waals surface area contributed by atoms with Gasteiger partial charge < -0.3 is 4.42 Å². The normalized spacial score (nSPS) is 10.9. The number of hydrogen-bond donors (Lipinski definition) is 1. The number of nitro groups is 1. The number of carbonyl (C=O) groups excluding carboxylic acids is 1. The van der Waals surface area contributed by atoms with Crippen molar-refractivity contribution in [2.75, 3.05) is 0 Å². The van der Waals surface area contributed by atoms with Crippen LogP contribution in [0, 0.1) is 10.1 Å². The van der Waals surface area contributed by atoms with Crippen LogP contribution in [0.1, 0.15) is 16.1 Å². The Hall–Kier alpha value is -3.16. The van der Waals surface area contributed by atoms with Gasteiger partial charge in [-0.1, -0.05) is 35.3 Å². The fourth-order valence-electron chi connectivity index (χ4n) is 2.24. The number of nitrogens with one attached hydrogen (secondary N) is 1. The minimum absolute atomic E-state index is 0.104. The van der Waals surface area contributed by atoms with Crippen LogP contribution in [-0.4, -0.2) is 17.0 Å². The zero-order chi connectivity index (χ0) is 19.4. The van der Waals surface area contributed by atoms with Crippen LogP contribution >= 0.6 is 23.2 Å². The van der Waals surface area contributed by atoms with Crippen molar-refractivity contribution in [3.63, 3.8) is 0 Å². The number of nitrogens with zero attached hydrogens (tertiary/aromatic N) is 2. The number of furan rings is 1. The van der Waals surface area contributed by atoms with Crippen LogP contribution in [0.4, 0.5) is 5.69 Å². The van der Waals surface area contributed by atoms with Gasteiger partial charge in [0, 0.05) is 17.7 Å². The fourth-order valence-corrected chi connectivity index (χ4v) is 2.67. The van der Waals surface area contributed by atoms with Gasteiger partial charge in [-0.05, 0) is 30.3 Å². The van der Waals surface area contributed by atoms with Crippen molar-refractivity contribution in [3.8, 4) is 11.3 Å². The van der Waals surface area contributed by atoms with E-state index in [0.717, 1.165) is 0 Å². The summed E-state index contributed by atoms with van der Waals surface area (Å²) in [5.74, 6) is 0.194. The van der Waals surface area contributed by atoms with Crippen LogP contribution in [0.3, 0.4) is 0 Å². The highest BCUT2D eigenvalue weighted by Gasteiger charge is 2.14. The van der Waals surface area contributed by atoms with Crippen LogP contribution in [0.5, 0.6) is 0 Å². The molecule has 7 nitrogen and oxygen atoms in total. The first-order chi connectivity index (χ1) is 13.0. The van der Waals surface area contributed by atoms with Crippen LogP contribution in [0.2, 0.25) is 10.0 Å². The lowest BCUT2D eigenvalue weighted by Crippen LogP contribution is -2.17. The van der Waals surface area contributed by atoms with Gasteiger partial charge in [0.05, 0.1) is 26.7 Å². The first-order valence-corrected chi connectivity index (χ1v) is 8.33. The summed E-state index contributed by atoms with van der Waals surface area (Å²) in [6.45, 7) is 0. The molecule has 0 saturated carbocycles. The van der Waals surface area contributed by atoms with E-state index < -0.39 is 10.8 Å². The van der Waals surface area contributed by atoms with Gasteiger partial charge in [0.1, 0.15) is 11.5 Å². The summed E-state index contributed by atoms with van der Waals surface area (Å²) in [6.07, 6.45) is 1.30. The molecular formula is C18H11Cl2N3O4. The highest BCUT2D eigenvalue weighted by molar-refractivity contribution is 6.34. The van der Waals surface area contributed by atoms with Crippen molar-refractivity contribution in [1.29, 1.82) is 0 Å². The smallest absolute Gasteiger partial charge is 0.272 e. The number of nitro benzene ring substituents is 1. The molecule has 0 fully saturated rings. The maximum absolute atomic E-state index is 12.0. The summed E-state index contributed by atoms with van der Waals surface area (Å²) in [7, 11) is 0. The zero-order valence-corrected chi connectivity index (χ0v) is 15.1. The Balaban J connectivity index is 1.74. The Morgan fingerprint density at radius 1 is 1.11 bits per heavy atom. The van der Waals surface area contributed by atoms with Gasteiger partial charge in [0.15, 0.2) is 0 Å². The molecule has 0 spiro atoms. The van der Waals surface area contributed by atoms with Crippen molar-refractivity contribution < 1.29 is 14.1 Å². The summed E-state index contributed by atoms with van der Waals surface area (Å²) in [4.78, 5) is 22.4. The average molecular weight is 404 g/mol. The molecule has 0 aliphatic rings. The molecule has 9 heteroatoms. The monoisotopic (exact) mass is 403 g/mol. The molecule has 0 atom stereocenters. The molecule has 0 unspecified atom stereocenters. The number of hydrazone groups is 1. The largest absolute Gasteiger partial charge is 0.455 e. The van der Waals surface area contributed by atoms with E-state index in [4.69, 9.17) is 27.6 Å². The predicted molar refractivity (Wildman–Crippen MR) is 102 cm³/mol. The summed E-state index contributed by atoms with van der Waals surface area (Å²) < 4.78 is 5.56. The topological polar surface area (TPSA) is 97.7 Å². The molecule has 0 saturated heterocycles. The highest BCUT2D eigenvalue weighted by atomic mass is 35.5. The molecular weight excluding hydrogens is 393 g/mol. The van der Waals surface area contributed by atoms with Gasteiger partial charge in [-0.2, -0.15) is 5.10 Å². The number of hydrogen-bond acceptors (Lipinski definition) is 5. The Morgan fingerprint density at radius 2 is 1.89 bits per heavy atom. The van der Waals surface area contributed by atoms with Crippen molar-refractivity contribution in [2.45, 2.75) is 0 Å². The average Bonchev–Trinajstić information content (AvgIpc) is 3.10. The molecule has 0 radical (unpaired) electrons. The minimum atomic E-state index is -0.518. The van der Waals surface area contributed by atoms with E-state index in [1.54, 1.807) is 36.4 Å². The second-order valence-electron chi connectivity index (χ2n) is 5.30. The van der Waals surface area contributed by atoms with E-state index in [1.165, 1.54) is 24.4 Å². The maximum Gasteiger partial charge on any atom is 0.272 e. The van der Waals surface area contributed by atoms with Gasteiger partial charge in [0.2, 0.25) is 0 Å². The lowest BCUT2D eigenvalue weighted by Gasteiger charge is -2.01. The number of carbonyl (C=O) groups is 1. The summed E-state index contributed by atoms with van der Waals surface area (Å²) >= 11 is 12.0. The van der Waals surface area contributed by atoms with Gasteiger partial charge in [-0.3, -0.25) is 14.9 Å². The van der Waals surface area contributed by atoms with Crippen molar-refractivity contribution >= 4 is 41.0 Å². The Morgan fingerprint density at radius 3 is 2.63 bits per heavy atom. The standard InChI is InChI=1S/C18H11Cl2N3O4/c19-15-4-2-1-3-13(15)18(24)22-21-10-12-6-8-17(27-12)14-9-11(23(25)26)5-7-16(14)20/h1-10H,(H,22,24)/b21-10+. The van der Waals surface area contributed by atoms with Crippen molar-refractivity contribution in [1.82, 2.24) is 5.43 Å². The Bertz CT molecular complexity index is 1050. The molecule has 3 rings (SSSR count). The van der Waals surface area contributed by atoms with Crippen LogP contribution < -0.4 is 5.43 Å². The third-order valence-electron chi connectivity index (χ3n) is 3.53. The first kappa shape index (κ1) is 18.6. The van der Waals surface area contributed by atoms with E-state index >= 15 is 0 Å². The van der Waals surface area contributed by atoms with E-state index in [2.05, 4.69) is 10.5 Å². The summed E-state index contributed by atoms with van der Waals surface area (Å²) in [6, 6.07) is 13.8.